The molecule has 0 fully saturated rings. The standard InChI is InChI=1S/C20H23N3O2S/c1-14-21-19(15-6-12-18(13-7-15)26(5,24)25)23(22-14)17-10-8-16(9-11-17)20(2,3)4/h6-13H,1-5H3. The van der Waals surface area contributed by atoms with Gasteiger partial charge in [-0.2, -0.15) is 5.10 Å². The Morgan fingerprint density at radius 1 is 0.923 bits per heavy atom. The number of benzene rings is 2. The van der Waals surface area contributed by atoms with Crippen molar-refractivity contribution < 1.29 is 8.42 Å². The maximum atomic E-state index is 11.7. The Balaban J connectivity index is 2.04. The minimum absolute atomic E-state index is 0.0844. The molecule has 0 aliphatic rings. The van der Waals surface area contributed by atoms with Crippen molar-refractivity contribution >= 4 is 9.84 Å². The van der Waals surface area contributed by atoms with Gasteiger partial charge >= 0.3 is 0 Å². The summed E-state index contributed by atoms with van der Waals surface area (Å²) in [5.74, 6) is 1.35. The Kier molecular flexibility index (Phi) is 4.48. The second-order valence-electron chi connectivity index (χ2n) is 7.49. The Morgan fingerprint density at radius 3 is 2.00 bits per heavy atom. The molecule has 0 radical (unpaired) electrons. The highest BCUT2D eigenvalue weighted by atomic mass is 32.2. The lowest BCUT2D eigenvalue weighted by molar-refractivity contribution is 0.590. The summed E-state index contributed by atoms with van der Waals surface area (Å²) < 4.78 is 25.1. The quantitative estimate of drug-likeness (QED) is 0.701. The Labute approximate surface area is 154 Å². The highest BCUT2D eigenvalue weighted by Crippen LogP contribution is 2.26. The molecule has 0 saturated heterocycles. The Bertz CT molecular complexity index is 1030. The van der Waals surface area contributed by atoms with Gasteiger partial charge in [-0.15, -0.1) is 0 Å². The predicted octanol–water partition coefficient (Wildman–Crippen LogP) is 3.94. The van der Waals surface area contributed by atoms with Crippen LogP contribution in [-0.4, -0.2) is 29.4 Å². The van der Waals surface area contributed by atoms with Gasteiger partial charge in [0.2, 0.25) is 0 Å². The molecule has 1 aromatic heterocycles. The van der Waals surface area contributed by atoms with Crippen molar-refractivity contribution in [3.05, 3.63) is 59.9 Å². The number of aromatic nitrogens is 3. The molecule has 0 aliphatic heterocycles. The molecule has 1 heterocycles. The number of sulfone groups is 1. The highest BCUT2D eigenvalue weighted by Gasteiger charge is 2.16. The van der Waals surface area contributed by atoms with Crippen molar-refractivity contribution in [3.8, 4) is 17.1 Å². The number of nitrogens with zero attached hydrogens (tertiary/aromatic N) is 3. The lowest BCUT2D eigenvalue weighted by atomic mass is 9.87. The van der Waals surface area contributed by atoms with Crippen molar-refractivity contribution in [3.63, 3.8) is 0 Å². The number of hydrogen-bond acceptors (Lipinski definition) is 4. The van der Waals surface area contributed by atoms with E-state index in [1.807, 2.05) is 19.1 Å². The van der Waals surface area contributed by atoms with Gasteiger partial charge in [0.05, 0.1) is 10.6 Å². The zero-order valence-corrected chi connectivity index (χ0v) is 16.5. The summed E-state index contributed by atoms with van der Waals surface area (Å²) in [5, 5.41) is 4.51. The van der Waals surface area contributed by atoms with Crippen molar-refractivity contribution in [2.75, 3.05) is 6.26 Å². The molecule has 0 bridgehead atoms. The van der Waals surface area contributed by atoms with E-state index in [0.29, 0.717) is 16.5 Å². The average Bonchev–Trinajstić information content (AvgIpc) is 2.95. The van der Waals surface area contributed by atoms with Crippen LogP contribution in [0.3, 0.4) is 0 Å². The smallest absolute Gasteiger partial charge is 0.175 e. The molecule has 0 atom stereocenters. The van der Waals surface area contributed by atoms with Crippen LogP contribution in [0.25, 0.3) is 17.1 Å². The van der Waals surface area contributed by atoms with E-state index in [0.717, 1.165) is 11.3 Å². The molecule has 6 heteroatoms. The van der Waals surface area contributed by atoms with Crippen LogP contribution >= 0.6 is 0 Å². The van der Waals surface area contributed by atoms with Gasteiger partial charge in [-0.3, -0.25) is 0 Å². The van der Waals surface area contributed by atoms with Crippen LogP contribution in [0.4, 0.5) is 0 Å². The van der Waals surface area contributed by atoms with Crippen LogP contribution in [0.5, 0.6) is 0 Å². The third-order valence-corrected chi connectivity index (χ3v) is 5.36. The van der Waals surface area contributed by atoms with Gasteiger partial charge in [-0.1, -0.05) is 32.9 Å². The van der Waals surface area contributed by atoms with Crippen LogP contribution in [-0.2, 0) is 15.3 Å². The van der Waals surface area contributed by atoms with Gasteiger partial charge in [0.1, 0.15) is 5.82 Å². The first-order chi connectivity index (χ1) is 12.1. The topological polar surface area (TPSA) is 64.8 Å². The number of hydrogen-bond donors (Lipinski definition) is 0. The van der Waals surface area contributed by atoms with Gasteiger partial charge in [0, 0.05) is 11.8 Å². The first-order valence-electron chi connectivity index (χ1n) is 8.41. The van der Waals surface area contributed by atoms with Gasteiger partial charge in [-0.25, -0.2) is 18.1 Å². The first kappa shape index (κ1) is 18.3. The Morgan fingerprint density at radius 2 is 1.50 bits per heavy atom. The van der Waals surface area contributed by atoms with E-state index in [1.165, 1.54) is 11.8 Å². The van der Waals surface area contributed by atoms with Crippen LogP contribution < -0.4 is 0 Å². The summed E-state index contributed by atoms with van der Waals surface area (Å²) in [7, 11) is -3.22. The molecule has 3 aromatic rings. The molecular weight excluding hydrogens is 346 g/mol. The van der Waals surface area contributed by atoms with Crippen molar-refractivity contribution in [1.82, 2.24) is 14.8 Å². The fraction of sp³-hybridized carbons (Fsp3) is 0.300. The van der Waals surface area contributed by atoms with Crippen LogP contribution in [0.15, 0.2) is 53.4 Å². The third kappa shape index (κ3) is 3.70. The molecule has 0 aliphatic carbocycles. The van der Waals surface area contributed by atoms with E-state index in [2.05, 4.69) is 43.0 Å². The molecule has 136 valence electrons. The summed E-state index contributed by atoms with van der Waals surface area (Å²) in [6, 6.07) is 15.0. The molecule has 3 rings (SSSR count). The summed E-state index contributed by atoms with van der Waals surface area (Å²) in [6.07, 6.45) is 1.20. The molecule has 26 heavy (non-hydrogen) atoms. The molecule has 0 N–H and O–H groups in total. The van der Waals surface area contributed by atoms with E-state index in [4.69, 9.17) is 0 Å². The second kappa shape index (κ2) is 6.36. The van der Waals surface area contributed by atoms with Gasteiger partial charge < -0.3 is 0 Å². The van der Waals surface area contributed by atoms with Crippen molar-refractivity contribution in [1.29, 1.82) is 0 Å². The summed E-state index contributed by atoms with van der Waals surface area (Å²) in [5.41, 5.74) is 3.07. The average molecular weight is 369 g/mol. The lowest BCUT2D eigenvalue weighted by Gasteiger charge is -2.19. The minimum atomic E-state index is -3.22. The highest BCUT2D eigenvalue weighted by molar-refractivity contribution is 7.90. The minimum Gasteiger partial charge on any atom is -0.224 e. The summed E-state index contributed by atoms with van der Waals surface area (Å²) >= 11 is 0. The zero-order valence-electron chi connectivity index (χ0n) is 15.7. The molecular formula is C20H23N3O2S. The molecule has 0 amide bonds. The van der Waals surface area contributed by atoms with Gasteiger partial charge in [-0.05, 0) is 54.3 Å². The predicted molar refractivity (Wildman–Crippen MR) is 103 cm³/mol. The van der Waals surface area contributed by atoms with Gasteiger partial charge in [0.15, 0.2) is 15.7 Å². The van der Waals surface area contributed by atoms with Crippen molar-refractivity contribution in [2.24, 2.45) is 0 Å². The lowest BCUT2D eigenvalue weighted by Crippen LogP contribution is -2.11. The second-order valence-corrected chi connectivity index (χ2v) is 9.50. The largest absolute Gasteiger partial charge is 0.224 e. The summed E-state index contributed by atoms with van der Waals surface area (Å²) in [6.45, 7) is 8.37. The van der Waals surface area contributed by atoms with E-state index in [1.54, 1.807) is 28.9 Å². The molecule has 0 saturated carbocycles. The Hall–Kier alpha value is -2.47. The zero-order chi connectivity index (χ0) is 19.1. The van der Waals surface area contributed by atoms with E-state index in [9.17, 15) is 8.42 Å². The van der Waals surface area contributed by atoms with E-state index < -0.39 is 9.84 Å². The first-order valence-corrected chi connectivity index (χ1v) is 10.3. The molecule has 2 aromatic carbocycles. The normalized spacial score (nSPS) is 12.3. The third-order valence-electron chi connectivity index (χ3n) is 4.23. The molecule has 0 spiro atoms. The maximum absolute atomic E-state index is 11.7. The fourth-order valence-corrected chi connectivity index (χ4v) is 3.37. The SMILES string of the molecule is Cc1nc(-c2ccc(S(C)(=O)=O)cc2)n(-c2ccc(C(C)(C)C)cc2)n1. The number of rotatable bonds is 3. The van der Waals surface area contributed by atoms with Crippen LogP contribution in [0.2, 0.25) is 0 Å². The molecule has 5 nitrogen and oxygen atoms in total. The van der Waals surface area contributed by atoms with E-state index >= 15 is 0 Å². The fourth-order valence-electron chi connectivity index (χ4n) is 2.74. The number of aryl methyl sites for hydroxylation is 1. The van der Waals surface area contributed by atoms with Crippen molar-refractivity contribution in [2.45, 2.75) is 38.0 Å². The van der Waals surface area contributed by atoms with Gasteiger partial charge in [0.25, 0.3) is 0 Å². The molecule has 0 unspecified atom stereocenters. The van der Waals surface area contributed by atoms with Crippen LogP contribution in [0.1, 0.15) is 32.2 Å². The van der Waals surface area contributed by atoms with Crippen LogP contribution in [0, 0.1) is 6.92 Å². The van der Waals surface area contributed by atoms with E-state index in [-0.39, 0.29) is 5.41 Å². The summed E-state index contributed by atoms with van der Waals surface area (Å²) in [4.78, 5) is 4.81. The maximum Gasteiger partial charge on any atom is 0.175 e. The monoisotopic (exact) mass is 369 g/mol.